The summed E-state index contributed by atoms with van der Waals surface area (Å²) in [6.07, 6.45) is 7.59. The van der Waals surface area contributed by atoms with E-state index in [1.165, 1.54) is 23.2 Å². The van der Waals surface area contributed by atoms with E-state index < -0.39 is 11.8 Å². The quantitative estimate of drug-likeness (QED) is 0.167. The van der Waals surface area contributed by atoms with Crippen molar-refractivity contribution in [1.82, 2.24) is 25.6 Å². The SMILES string of the molecule is Cc1ccc2cccc(OCc3c(Cl)ccc(N(C)C(=O)CNC(=O)/C=C/c4ccc(C(=O)NCc5ccncc5)nc4)c3Cl)c2n1. The van der Waals surface area contributed by atoms with E-state index >= 15 is 0 Å². The number of rotatable bonds is 11. The Morgan fingerprint density at radius 2 is 1.77 bits per heavy atom. The Bertz CT molecular complexity index is 1950. The van der Waals surface area contributed by atoms with E-state index in [1.807, 2.05) is 49.4 Å². The topological polar surface area (TPSA) is 126 Å². The number of aryl methyl sites for hydroxylation is 1. The number of nitrogens with one attached hydrogen (secondary N) is 2. The van der Waals surface area contributed by atoms with Gasteiger partial charge in [0.15, 0.2) is 0 Å². The van der Waals surface area contributed by atoms with Crippen molar-refractivity contribution in [2.24, 2.45) is 0 Å². The number of para-hydroxylation sites is 1. The maximum absolute atomic E-state index is 13.0. The summed E-state index contributed by atoms with van der Waals surface area (Å²) >= 11 is 13.2. The molecule has 47 heavy (non-hydrogen) atoms. The van der Waals surface area contributed by atoms with Gasteiger partial charge in [-0.15, -0.1) is 0 Å². The molecule has 0 atom stereocenters. The van der Waals surface area contributed by atoms with Crippen molar-refractivity contribution < 1.29 is 19.1 Å². The molecule has 3 aromatic heterocycles. The molecule has 2 aromatic carbocycles. The van der Waals surface area contributed by atoms with Gasteiger partial charge in [0.1, 0.15) is 23.6 Å². The standard InChI is InChI=1S/C35H30Cl2N6O4/c1-22-6-9-25-4-3-5-30(34(25)42-22)47-21-26-27(36)10-12-29(33(26)37)43(2)32(45)20-40-31(44)13-8-23-7-11-28(39-18-23)35(46)41-19-24-14-16-38-17-15-24/h3-18H,19-21H2,1-2H3,(H,40,44)(H,41,46)/b13-8+. The van der Waals surface area contributed by atoms with Crippen LogP contribution in [0.5, 0.6) is 5.75 Å². The summed E-state index contributed by atoms with van der Waals surface area (Å²) in [5.41, 5.74) is 4.26. The molecule has 0 saturated heterocycles. The zero-order chi connectivity index (χ0) is 33.3. The number of nitrogens with zero attached hydrogens (tertiary/aromatic N) is 4. The third-order valence-electron chi connectivity index (χ3n) is 7.16. The summed E-state index contributed by atoms with van der Waals surface area (Å²) in [7, 11) is 1.56. The number of ether oxygens (including phenoxy) is 1. The Morgan fingerprint density at radius 1 is 0.957 bits per heavy atom. The number of anilines is 1. The van der Waals surface area contributed by atoms with E-state index in [9.17, 15) is 14.4 Å². The van der Waals surface area contributed by atoms with E-state index in [4.69, 9.17) is 27.9 Å². The van der Waals surface area contributed by atoms with Gasteiger partial charge in [-0.05, 0) is 66.6 Å². The smallest absolute Gasteiger partial charge is 0.270 e. The van der Waals surface area contributed by atoms with Gasteiger partial charge >= 0.3 is 0 Å². The van der Waals surface area contributed by atoms with Crippen molar-refractivity contribution in [1.29, 1.82) is 0 Å². The molecule has 0 unspecified atom stereocenters. The van der Waals surface area contributed by atoms with E-state index in [2.05, 4.69) is 25.6 Å². The lowest BCUT2D eigenvalue weighted by molar-refractivity contribution is -0.122. The van der Waals surface area contributed by atoms with Crippen LogP contribution >= 0.6 is 23.2 Å². The highest BCUT2D eigenvalue weighted by molar-refractivity contribution is 6.38. The summed E-state index contributed by atoms with van der Waals surface area (Å²) in [5.74, 6) is -0.630. The first kappa shape index (κ1) is 33.1. The van der Waals surface area contributed by atoms with Crippen LogP contribution in [0.3, 0.4) is 0 Å². The molecule has 0 bridgehead atoms. The highest BCUT2D eigenvalue weighted by atomic mass is 35.5. The molecule has 0 radical (unpaired) electrons. The third-order valence-corrected chi connectivity index (χ3v) is 7.93. The number of carbonyl (C=O) groups excluding carboxylic acids is 3. The number of likely N-dealkylation sites (N-methyl/N-ethyl adjacent to an activating group) is 1. The lowest BCUT2D eigenvalue weighted by Gasteiger charge is -2.21. The van der Waals surface area contributed by atoms with Crippen LogP contribution in [0.4, 0.5) is 5.69 Å². The maximum Gasteiger partial charge on any atom is 0.270 e. The van der Waals surface area contributed by atoms with Crippen LogP contribution in [-0.4, -0.2) is 46.3 Å². The Kier molecular flexibility index (Phi) is 10.8. The van der Waals surface area contributed by atoms with Crippen LogP contribution in [0, 0.1) is 6.92 Å². The van der Waals surface area contributed by atoms with Gasteiger partial charge in [-0.2, -0.15) is 0 Å². The van der Waals surface area contributed by atoms with Crippen LogP contribution in [0.25, 0.3) is 17.0 Å². The first-order valence-corrected chi connectivity index (χ1v) is 15.3. The molecule has 238 valence electrons. The molecule has 5 aromatic rings. The van der Waals surface area contributed by atoms with Gasteiger partial charge < -0.3 is 20.3 Å². The van der Waals surface area contributed by atoms with Crippen molar-refractivity contribution in [2.45, 2.75) is 20.1 Å². The van der Waals surface area contributed by atoms with Gasteiger partial charge in [0.25, 0.3) is 5.91 Å². The summed E-state index contributed by atoms with van der Waals surface area (Å²) in [6.45, 7) is 2.03. The van der Waals surface area contributed by atoms with Crippen LogP contribution in [0.2, 0.25) is 10.0 Å². The molecule has 0 aliphatic rings. The predicted molar refractivity (Wildman–Crippen MR) is 182 cm³/mol. The molecule has 3 amide bonds. The number of halogens is 2. The summed E-state index contributed by atoms with van der Waals surface area (Å²) in [6, 6.07) is 19.7. The number of fused-ring (bicyclic) bond motifs is 1. The van der Waals surface area contributed by atoms with Crippen LogP contribution in [-0.2, 0) is 22.7 Å². The first-order valence-electron chi connectivity index (χ1n) is 14.5. The number of amides is 3. The molecular formula is C35H30Cl2N6O4. The molecule has 5 rings (SSSR count). The minimum absolute atomic E-state index is 0.0515. The normalized spacial score (nSPS) is 11.0. The molecular weight excluding hydrogens is 639 g/mol. The molecule has 0 aliphatic carbocycles. The molecule has 10 nitrogen and oxygen atoms in total. The molecule has 2 N–H and O–H groups in total. The molecule has 0 fully saturated rings. The van der Waals surface area contributed by atoms with Crippen LogP contribution in [0.1, 0.15) is 32.9 Å². The Balaban J connectivity index is 1.14. The summed E-state index contributed by atoms with van der Waals surface area (Å²) < 4.78 is 6.08. The van der Waals surface area contributed by atoms with Crippen molar-refractivity contribution in [2.75, 3.05) is 18.5 Å². The summed E-state index contributed by atoms with van der Waals surface area (Å²) in [5, 5.41) is 6.94. The number of benzene rings is 2. The third kappa shape index (κ3) is 8.49. The number of hydrogen-bond acceptors (Lipinski definition) is 7. The number of pyridine rings is 3. The fourth-order valence-corrected chi connectivity index (χ4v) is 5.13. The van der Waals surface area contributed by atoms with Crippen molar-refractivity contribution in [3.05, 3.63) is 130 Å². The van der Waals surface area contributed by atoms with Crippen molar-refractivity contribution >= 4 is 63.6 Å². The van der Waals surface area contributed by atoms with Gasteiger partial charge in [0.05, 0.1) is 17.3 Å². The number of hydrogen-bond donors (Lipinski definition) is 2. The highest BCUT2D eigenvalue weighted by Crippen LogP contribution is 2.35. The minimum Gasteiger partial charge on any atom is -0.487 e. The Morgan fingerprint density at radius 3 is 2.53 bits per heavy atom. The van der Waals surface area contributed by atoms with Crippen LogP contribution < -0.4 is 20.3 Å². The highest BCUT2D eigenvalue weighted by Gasteiger charge is 2.19. The molecule has 3 heterocycles. The van der Waals surface area contributed by atoms with Gasteiger partial charge in [-0.3, -0.25) is 24.4 Å². The van der Waals surface area contributed by atoms with Crippen LogP contribution in [0.15, 0.2) is 91.4 Å². The maximum atomic E-state index is 13.0. The van der Waals surface area contributed by atoms with E-state index in [-0.39, 0.29) is 29.8 Å². The second-order valence-electron chi connectivity index (χ2n) is 10.4. The second kappa shape index (κ2) is 15.3. The lowest BCUT2D eigenvalue weighted by Crippen LogP contribution is -2.37. The van der Waals surface area contributed by atoms with Gasteiger partial charge in [-0.25, -0.2) is 4.98 Å². The number of carbonyl (C=O) groups is 3. The Hall–Kier alpha value is -5.32. The number of aromatic nitrogens is 3. The fourth-order valence-electron chi connectivity index (χ4n) is 4.52. The first-order chi connectivity index (χ1) is 22.7. The predicted octanol–water partition coefficient (Wildman–Crippen LogP) is 5.94. The van der Waals surface area contributed by atoms with E-state index in [0.717, 1.165) is 22.2 Å². The average molecular weight is 670 g/mol. The monoisotopic (exact) mass is 668 g/mol. The molecule has 0 aliphatic heterocycles. The molecule has 12 heteroatoms. The van der Waals surface area contributed by atoms with Crippen molar-refractivity contribution in [3.8, 4) is 5.75 Å². The average Bonchev–Trinajstić information content (AvgIpc) is 3.09. The van der Waals surface area contributed by atoms with Gasteiger partial charge in [0, 0.05) is 59.9 Å². The largest absolute Gasteiger partial charge is 0.487 e. The molecule has 0 saturated carbocycles. The zero-order valence-corrected chi connectivity index (χ0v) is 27.0. The molecule has 0 spiro atoms. The van der Waals surface area contributed by atoms with Crippen molar-refractivity contribution in [3.63, 3.8) is 0 Å². The summed E-state index contributed by atoms with van der Waals surface area (Å²) in [4.78, 5) is 51.9. The fraction of sp³-hybridized carbons (Fsp3) is 0.143. The zero-order valence-electron chi connectivity index (χ0n) is 25.5. The van der Waals surface area contributed by atoms with E-state index in [0.29, 0.717) is 34.1 Å². The van der Waals surface area contributed by atoms with E-state index in [1.54, 1.807) is 43.7 Å². The minimum atomic E-state index is -0.485. The second-order valence-corrected chi connectivity index (χ2v) is 11.2. The Labute approximate surface area is 281 Å². The lowest BCUT2D eigenvalue weighted by atomic mass is 10.1. The van der Waals surface area contributed by atoms with Gasteiger partial charge in [-0.1, -0.05) is 47.5 Å². The van der Waals surface area contributed by atoms with Gasteiger partial charge in [0.2, 0.25) is 11.8 Å².